The van der Waals surface area contributed by atoms with E-state index in [4.69, 9.17) is 11.6 Å². The lowest BCUT2D eigenvalue weighted by Crippen LogP contribution is -2.46. The van der Waals surface area contributed by atoms with E-state index < -0.39 is 0 Å². The molecule has 1 saturated carbocycles. The Morgan fingerprint density at radius 3 is 2.60 bits per heavy atom. The zero-order chi connectivity index (χ0) is 13.9. The fraction of sp³-hybridized carbons (Fsp3) is 0.625. The molecule has 1 aliphatic carbocycles. The van der Waals surface area contributed by atoms with E-state index >= 15 is 0 Å². The largest absolute Gasteiger partial charge is 0.314 e. The predicted octanol–water partition coefficient (Wildman–Crippen LogP) is 4.24. The van der Waals surface area contributed by atoms with E-state index in [1.54, 1.807) is 0 Å². The molecule has 1 aromatic carbocycles. The number of nitrogens with zero attached hydrogens (tertiary/aromatic N) is 1. The summed E-state index contributed by atoms with van der Waals surface area (Å²) in [6.45, 7) is 4.48. The third kappa shape index (κ3) is 3.22. The standard InChI is InChI=1S/C16H22BrClN2/c17-15-6-5-13(18)11-14(15)16(12-3-1-2-4-12)20-9-7-19-8-10-20/h5-6,11-12,16,19H,1-4,7-10H2/t16-/m1/s1. The van der Waals surface area contributed by atoms with Crippen LogP contribution in [0.1, 0.15) is 37.3 Å². The second kappa shape index (κ2) is 6.78. The van der Waals surface area contributed by atoms with E-state index in [0.717, 1.165) is 37.1 Å². The van der Waals surface area contributed by atoms with Gasteiger partial charge in [0, 0.05) is 41.7 Å². The SMILES string of the molecule is Clc1ccc(Br)c([C@@H](C2CCCC2)N2CCNCC2)c1. The average molecular weight is 358 g/mol. The molecule has 2 aliphatic rings. The number of hydrogen-bond donors (Lipinski definition) is 1. The second-order valence-corrected chi connectivity index (χ2v) is 7.23. The van der Waals surface area contributed by atoms with E-state index in [2.05, 4.69) is 38.3 Å². The number of rotatable bonds is 3. The molecule has 1 aromatic rings. The summed E-state index contributed by atoms with van der Waals surface area (Å²) in [4.78, 5) is 2.66. The third-order valence-electron chi connectivity index (χ3n) is 4.67. The van der Waals surface area contributed by atoms with Crippen LogP contribution in [0.15, 0.2) is 22.7 Å². The van der Waals surface area contributed by atoms with Crippen molar-refractivity contribution in [2.45, 2.75) is 31.7 Å². The molecule has 0 spiro atoms. The molecular weight excluding hydrogens is 336 g/mol. The molecule has 1 atom stereocenters. The zero-order valence-electron chi connectivity index (χ0n) is 11.7. The lowest BCUT2D eigenvalue weighted by atomic mass is 9.89. The highest BCUT2D eigenvalue weighted by Gasteiger charge is 2.32. The first-order chi connectivity index (χ1) is 9.75. The summed E-state index contributed by atoms with van der Waals surface area (Å²) in [5, 5.41) is 4.31. The van der Waals surface area contributed by atoms with E-state index in [9.17, 15) is 0 Å². The highest BCUT2D eigenvalue weighted by atomic mass is 79.9. The van der Waals surface area contributed by atoms with Gasteiger partial charge >= 0.3 is 0 Å². The van der Waals surface area contributed by atoms with Gasteiger partial charge < -0.3 is 5.32 Å². The smallest absolute Gasteiger partial charge is 0.0410 e. The van der Waals surface area contributed by atoms with Gasteiger partial charge in [-0.25, -0.2) is 0 Å². The van der Waals surface area contributed by atoms with Gasteiger partial charge in [-0.3, -0.25) is 4.90 Å². The highest BCUT2D eigenvalue weighted by Crippen LogP contribution is 2.42. The number of halogens is 2. The van der Waals surface area contributed by atoms with Crippen molar-refractivity contribution in [3.63, 3.8) is 0 Å². The molecule has 1 N–H and O–H groups in total. The van der Waals surface area contributed by atoms with Gasteiger partial charge in [0.1, 0.15) is 0 Å². The van der Waals surface area contributed by atoms with Crippen molar-refractivity contribution < 1.29 is 0 Å². The number of benzene rings is 1. The summed E-state index contributed by atoms with van der Waals surface area (Å²) in [6, 6.07) is 6.75. The van der Waals surface area contributed by atoms with Crippen LogP contribution in [0.5, 0.6) is 0 Å². The first kappa shape index (κ1) is 14.8. The quantitative estimate of drug-likeness (QED) is 0.870. The van der Waals surface area contributed by atoms with E-state index in [1.165, 1.54) is 35.7 Å². The summed E-state index contributed by atoms with van der Waals surface area (Å²) in [7, 11) is 0. The van der Waals surface area contributed by atoms with Crippen LogP contribution in [0.25, 0.3) is 0 Å². The molecule has 20 heavy (non-hydrogen) atoms. The Kier molecular flexibility index (Phi) is 5.03. The zero-order valence-corrected chi connectivity index (χ0v) is 14.1. The maximum Gasteiger partial charge on any atom is 0.0410 e. The average Bonchev–Trinajstić information content (AvgIpc) is 2.98. The monoisotopic (exact) mass is 356 g/mol. The molecule has 1 aliphatic heterocycles. The Labute approximate surface area is 135 Å². The molecule has 1 heterocycles. The maximum atomic E-state index is 6.25. The minimum absolute atomic E-state index is 0.521. The van der Waals surface area contributed by atoms with Crippen LogP contribution in [0.4, 0.5) is 0 Å². The Morgan fingerprint density at radius 2 is 1.90 bits per heavy atom. The fourth-order valence-electron chi connectivity index (χ4n) is 3.72. The van der Waals surface area contributed by atoms with Crippen LogP contribution in [-0.2, 0) is 0 Å². The molecule has 0 unspecified atom stereocenters. The Balaban J connectivity index is 1.92. The van der Waals surface area contributed by atoms with Crippen molar-refractivity contribution in [3.8, 4) is 0 Å². The molecule has 110 valence electrons. The molecule has 1 saturated heterocycles. The molecule has 2 fully saturated rings. The Morgan fingerprint density at radius 1 is 1.20 bits per heavy atom. The van der Waals surface area contributed by atoms with Gasteiger partial charge in [0.2, 0.25) is 0 Å². The Hall–Kier alpha value is -0.0900. The number of nitrogens with one attached hydrogen (secondary N) is 1. The number of hydrogen-bond acceptors (Lipinski definition) is 2. The second-order valence-electron chi connectivity index (χ2n) is 5.94. The van der Waals surface area contributed by atoms with E-state index in [0.29, 0.717) is 6.04 Å². The lowest BCUT2D eigenvalue weighted by Gasteiger charge is -2.39. The number of piperazine rings is 1. The molecule has 3 rings (SSSR count). The normalized spacial score (nSPS) is 23.1. The van der Waals surface area contributed by atoms with Crippen molar-refractivity contribution in [1.82, 2.24) is 10.2 Å². The van der Waals surface area contributed by atoms with Crippen LogP contribution < -0.4 is 5.32 Å². The van der Waals surface area contributed by atoms with Crippen LogP contribution in [0, 0.1) is 5.92 Å². The molecule has 4 heteroatoms. The topological polar surface area (TPSA) is 15.3 Å². The first-order valence-electron chi connectivity index (χ1n) is 7.65. The first-order valence-corrected chi connectivity index (χ1v) is 8.82. The van der Waals surface area contributed by atoms with Crippen LogP contribution >= 0.6 is 27.5 Å². The molecule has 0 aromatic heterocycles. The van der Waals surface area contributed by atoms with Crippen LogP contribution in [0.3, 0.4) is 0 Å². The van der Waals surface area contributed by atoms with Crippen molar-refractivity contribution in [1.29, 1.82) is 0 Å². The van der Waals surface area contributed by atoms with Crippen molar-refractivity contribution in [2.24, 2.45) is 5.92 Å². The third-order valence-corrected chi connectivity index (χ3v) is 5.63. The van der Waals surface area contributed by atoms with Gasteiger partial charge in [-0.1, -0.05) is 40.4 Å². The molecule has 0 bridgehead atoms. The minimum atomic E-state index is 0.521. The summed E-state index contributed by atoms with van der Waals surface area (Å²) < 4.78 is 1.21. The van der Waals surface area contributed by atoms with Gasteiger partial charge in [-0.05, 0) is 42.5 Å². The summed E-state index contributed by atoms with van der Waals surface area (Å²) >= 11 is 10.00. The molecule has 2 nitrogen and oxygen atoms in total. The Bertz CT molecular complexity index is 454. The van der Waals surface area contributed by atoms with E-state index in [-0.39, 0.29) is 0 Å². The molecule has 0 radical (unpaired) electrons. The van der Waals surface area contributed by atoms with Gasteiger partial charge in [0.15, 0.2) is 0 Å². The minimum Gasteiger partial charge on any atom is -0.314 e. The fourth-order valence-corrected chi connectivity index (χ4v) is 4.39. The van der Waals surface area contributed by atoms with Gasteiger partial charge in [-0.15, -0.1) is 0 Å². The summed E-state index contributed by atoms with van der Waals surface area (Å²) in [6.07, 6.45) is 5.47. The van der Waals surface area contributed by atoms with Gasteiger partial charge in [-0.2, -0.15) is 0 Å². The van der Waals surface area contributed by atoms with Gasteiger partial charge in [0.05, 0.1) is 0 Å². The molecule has 0 amide bonds. The van der Waals surface area contributed by atoms with Crippen LogP contribution in [-0.4, -0.2) is 31.1 Å². The maximum absolute atomic E-state index is 6.25. The predicted molar refractivity (Wildman–Crippen MR) is 88.3 cm³/mol. The lowest BCUT2D eigenvalue weighted by molar-refractivity contribution is 0.125. The van der Waals surface area contributed by atoms with Crippen LogP contribution in [0.2, 0.25) is 5.02 Å². The molecular formula is C16H22BrClN2. The van der Waals surface area contributed by atoms with E-state index in [1.807, 2.05) is 6.07 Å². The highest BCUT2D eigenvalue weighted by molar-refractivity contribution is 9.10. The summed E-state index contributed by atoms with van der Waals surface area (Å²) in [5.74, 6) is 0.780. The van der Waals surface area contributed by atoms with Crippen molar-refractivity contribution >= 4 is 27.5 Å². The summed E-state index contributed by atoms with van der Waals surface area (Å²) in [5.41, 5.74) is 1.38. The van der Waals surface area contributed by atoms with Crippen molar-refractivity contribution in [3.05, 3.63) is 33.3 Å². The van der Waals surface area contributed by atoms with Gasteiger partial charge in [0.25, 0.3) is 0 Å². The van der Waals surface area contributed by atoms with Crippen molar-refractivity contribution in [2.75, 3.05) is 26.2 Å².